The predicted molar refractivity (Wildman–Crippen MR) is 114 cm³/mol. The summed E-state index contributed by atoms with van der Waals surface area (Å²) in [4.78, 5) is 37.2. The van der Waals surface area contributed by atoms with Gasteiger partial charge >= 0.3 is 0 Å². The van der Waals surface area contributed by atoms with Gasteiger partial charge in [0.1, 0.15) is 24.2 Å². The number of anilines is 2. The number of piperidine rings is 1. The molecular formula is C22H22F2N6O3. The smallest absolute Gasteiger partial charge is 0.289 e. The second-order valence-corrected chi connectivity index (χ2v) is 8.07. The average molecular weight is 456 g/mol. The Morgan fingerprint density at radius 1 is 1.33 bits per heavy atom. The Morgan fingerprint density at radius 2 is 2.06 bits per heavy atom. The van der Waals surface area contributed by atoms with E-state index in [0.717, 1.165) is 0 Å². The van der Waals surface area contributed by atoms with Gasteiger partial charge in [0.25, 0.3) is 17.7 Å². The third-order valence-corrected chi connectivity index (χ3v) is 5.73. The van der Waals surface area contributed by atoms with Crippen LogP contribution >= 0.6 is 0 Å². The number of benzene rings is 1. The first-order valence-electron chi connectivity index (χ1n) is 10.4. The van der Waals surface area contributed by atoms with Crippen molar-refractivity contribution in [1.29, 1.82) is 5.26 Å². The van der Waals surface area contributed by atoms with Gasteiger partial charge in [-0.05, 0) is 19.1 Å². The standard InChI is InChI=1S/C22H22F2N6O3/c1-13-11-26-18(28-19(13)30-7-5-22(23,24)6-8-30)20(31)27-15-12-33-17-9-14(10-25)3-4-16(17)29(2)21(15)32/h3-4,9,11,15H,5-8,12H2,1-2H3,(H,27,31). The highest BCUT2D eigenvalue weighted by Crippen LogP contribution is 2.32. The van der Waals surface area contributed by atoms with Gasteiger partial charge in [0.05, 0.1) is 17.3 Å². The summed E-state index contributed by atoms with van der Waals surface area (Å²) in [5.41, 5.74) is 1.52. The van der Waals surface area contributed by atoms with Crippen molar-refractivity contribution in [3.05, 3.63) is 41.3 Å². The highest BCUT2D eigenvalue weighted by Gasteiger charge is 2.35. The Bertz CT molecular complexity index is 1140. The molecule has 3 heterocycles. The van der Waals surface area contributed by atoms with E-state index in [1.165, 1.54) is 17.2 Å². The number of aryl methyl sites for hydroxylation is 1. The number of aromatic nitrogens is 2. The molecule has 2 aliphatic rings. The lowest BCUT2D eigenvalue weighted by Gasteiger charge is -2.33. The minimum absolute atomic E-state index is 0.120. The summed E-state index contributed by atoms with van der Waals surface area (Å²) < 4.78 is 32.7. The molecule has 33 heavy (non-hydrogen) atoms. The van der Waals surface area contributed by atoms with Crippen LogP contribution in [0.4, 0.5) is 20.3 Å². The van der Waals surface area contributed by atoms with E-state index in [1.807, 2.05) is 6.07 Å². The number of hydrogen-bond acceptors (Lipinski definition) is 7. The molecule has 4 rings (SSSR count). The zero-order valence-corrected chi connectivity index (χ0v) is 18.1. The summed E-state index contributed by atoms with van der Waals surface area (Å²) in [6.45, 7) is 1.84. The molecule has 9 nitrogen and oxygen atoms in total. The third-order valence-electron chi connectivity index (χ3n) is 5.73. The number of ether oxygens (including phenoxy) is 1. The zero-order valence-electron chi connectivity index (χ0n) is 18.1. The van der Waals surface area contributed by atoms with E-state index in [4.69, 9.17) is 10.00 Å². The number of carbonyl (C=O) groups excluding carboxylic acids is 2. The normalized spacial score (nSPS) is 19.7. The largest absolute Gasteiger partial charge is 0.489 e. The van der Waals surface area contributed by atoms with Gasteiger partial charge in [-0.1, -0.05) is 0 Å². The first-order valence-corrected chi connectivity index (χ1v) is 10.4. The van der Waals surface area contributed by atoms with E-state index in [9.17, 15) is 18.4 Å². The molecular weight excluding hydrogens is 434 g/mol. The van der Waals surface area contributed by atoms with Gasteiger partial charge in [-0.15, -0.1) is 0 Å². The van der Waals surface area contributed by atoms with Crippen molar-refractivity contribution in [3.63, 3.8) is 0 Å². The van der Waals surface area contributed by atoms with Crippen molar-refractivity contribution >= 4 is 23.3 Å². The number of nitrogens with zero attached hydrogens (tertiary/aromatic N) is 5. The minimum Gasteiger partial charge on any atom is -0.489 e. The molecule has 1 N–H and O–H groups in total. The summed E-state index contributed by atoms with van der Waals surface area (Å²) in [6.07, 6.45) is 0.888. The molecule has 1 fully saturated rings. The first-order chi connectivity index (χ1) is 15.7. The van der Waals surface area contributed by atoms with Crippen molar-refractivity contribution in [3.8, 4) is 11.8 Å². The number of nitrogens with one attached hydrogen (secondary N) is 1. The van der Waals surface area contributed by atoms with Crippen LogP contribution in [0, 0.1) is 18.3 Å². The molecule has 2 amide bonds. The van der Waals surface area contributed by atoms with Crippen molar-refractivity contribution in [2.24, 2.45) is 0 Å². The second-order valence-electron chi connectivity index (χ2n) is 8.07. The Kier molecular flexibility index (Phi) is 5.84. The molecule has 0 bridgehead atoms. The van der Waals surface area contributed by atoms with Crippen LogP contribution in [0.1, 0.15) is 34.6 Å². The molecule has 0 aliphatic carbocycles. The monoisotopic (exact) mass is 456 g/mol. The molecule has 1 atom stereocenters. The van der Waals surface area contributed by atoms with E-state index in [-0.39, 0.29) is 38.4 Å². The maximum atomic E-state index is 13.5. The van der Waals surface area contributed by atoms with Gasteiger partial charge in [-0.3, -0.25) is 9.59 Å². The Morgan fingerprint density at radius 3 is 2.76 bits per heavy atom. The van der Waals surface area contributed by atoms with Crippen LogP contribution in [0.5, 0.6) is 5.75 Å². The number of nitriles is 1. The fraction of sp³-hybridized carbons (Fsp3) is 0.409. The van der Waals surface area contributed by atoms with Crippen molar-refractivity contribution in [2.45, 2.75) is 31.7 Å². The van der Waals surface area contributed by atoms with Crippen molar-refractivity contribution in [2.75, 3.05) is 36.5 Å². The van der Waals surface area contributed by atoms with Gasteiger partial charge in [0, 0.05) is 50.8 Å². The van der Waals surface area contributed by atoms with E-state index >= 15 is 0 Å². The number of alkyl halides is 2. The highest BCUT2D eigenvalue weighted by molar-refractivity contribution is 6.02. The average Bonchev–Trinajstić information content (AvgIpc) is 2.91. The summed E-state index contributed by atoms with van der Waals surface area (Å²) in [5, 5.41) is 11.7. The van der Waals surface area contributed by atoms with Gasteiger partial charge in [0.2, 0.25) is 5.82 Å². The van der Waals surface area contributed by atoms with Gasteiger partial charge in [-0.25, -0.2) is 18.7 Å². The van der Waals surface area contributed by atoms with Crippen LogP contribution in [0.15, 0.2) is 24.4 Å². The van der Waals surface area contributed by atoms with Crippen molar-refractivity contribution in [1.82, 2.24) is 15.3 Å². The number of carbonyl (C=O) groups is 2. The molecule has 1 unspecified atom stereocenters. The van der Waals surface area contributed by atoms with E-state index < -0.39 is 23.8 Å². The van der Waals surface area contributed by atoms with Crippen LogP contribution in [0.3, 0.4) is 0 Å². The van der Waals surface area contributed by atoms with Gasteiger partial charge in [0.15, 0.2) is 0 Å². The quantitative estimate of drug-likeness (QED) is 0.752. The van der Waals surface area contributed by atoms with Crippen LogP contribution in [-0.4, -0.2) is 60.5 Å². The lowest BCUT2D eigenvalue weighted by molar-refractivity contribution is -0.120. The van der Waals surface area contributed by atoms with E-state index in [0.29, 0.717) is 28.4 Å². The number of amides is 2. The Balaban J connectivity index is 1.50. The van der Waals surface area contributed by atoms with Crippen molar-refractivity contribution < 1.29 is 23.1 Å². The number of hydrogen-bond donors (Lipinski definition) is 1. The number of fused-ring (bicyclic) bond motifs is 1. The van der Waals surface area contributed by atoms with Gasteiger partial charge in [-0.2, -0.15) is 5.26 Å². The topological polar surface area (TPSA) is 111 Å². The zero-order chi connectivity index (χ0) is 23.8. The Labute approximate surface area is 189 Å². The summed E-state index contributed by atoms with van der Waals surface area (Å²) in [7, 11) is 1.55. The molecule has 1 aromatic carbocycles. The minimum atomic E-state index is -2.70. The molecule has 2 aromatic rings. The summed E-state index contributed by atoms with van der Waals surface area (Å²) in [6, 6.07) is 5.71. The molecule has 1 aromatic heterocycles. The first kappa shape index (κ1) is 22.4. The van der Waals surface area contributed by atoms with Gasteiger partial charge < -0.3 is 19.9 Å². The molecule has 172 valence electrons. The molecule has 2 aliphatic heterocycles. The third kappa shape index (κ3) is 4.55. The maximum absolute atomic E-state index is 13.5. The summed E-state index contributed by atoms with van der Waals surface area (Å²) >= 11 is 0. The highest BCUT2D eigenvalue weighted by atomic mass is 19.3. The van der Waals surface area contributed by atoms with Crippen LogP contribution in [-0.2, 0) is 4.79 Å². The fourth-order valence-corrected chi connectivity index (χ4v) is 3.81. The molecule has 0 radical (unpaired) electrons. The number of likely N-dealkylation sites (N-methyl/N-ethyl adjacent to an activating group) is 1. The number of rotatable bonds is 3. The van der Waals surface area contributed by atoms with E-state index in [1.54, 1.807) is 31.0 Å². The molecule has 1 saturated heterocycles. The van der Waals surface area contributed by atoms with Crippen LogP contribution in [0.25, 0.3) is 0 Å². The maximum Gasteiger partial charge on any atom is 0.289 e. The van der Waals surface area contributed by atoms with Crippen LogP contribution < -0.4 is 19.9 Å². The van der Waals surface area contributed by atoms with Crippen LogP contribution in [0.2, 0.25) is 0 Å². The SMILES string of the molecule is Cc1cnc(C(=O)NC2COc3cc(C#N)ccc3N(C)C2=O)nc1N1CCC(F)(F)CC1. The number of halogens is 2. The lowest BCUT2D eigenvalue weighted by atomic mass is 10.1. The lowest BCUT2D eigenvalue weighted by Crippen LogP contribution is -2.49. The van der Waals surface area contributed by atoms with E-state index in [2.05, 4.69) is 15.3 Å². The summed E-state index contributed by atoms with van der Waals surface area (Å²) in [5.74, 6) is -3.18. The predicted octanol–water partition coefficient (Wildman–Crippen LogP) is 2.05. The fourth-order valence-electron chi connectivity index (χ4n) is 3.81. The molecule has 0 spiro atoms. The molecule has 0 saturated carbocycles. The second kappa shape index (κ2) is 8.61. The Hall–Kier alpha value is -3.81. The molecule has 11 heteroatoms.